The predicted molar refractivity (Wildman–Crippen MR) is 108 cm³/mol. The lowest BCUT2D eigenvalue weighted by Gasteiger charge is -2.22. The van der Waals surface area contributed by atoms with Gasteiger partial charge < -0.3 is 14.8 Å². The molecule has 1 N–H and O–H groups in total. The summed E-state index contributed by atoms with van der Waals surface area (Å²) in [5, 5.41) is 7.36. The van der Waals surface area contributed by atoms with E-state index in [2.05, 4.69) is 36.4 Å². The van der Waals surface area contributed by atoms with Crippen LogP contribution in [0, 0.1) is 6.92 Å². The monoisotopic (exact) mass is 385 g/mol. The SMILES string of the molecule is CC[C@H](C)n1ncc(C(=O)NCc2ccc(COC3CCOCC3)cc2)c1C. The predicted octanol–water partition coefficient (Wildman–Crippen LogP) is 3.79. The van der Waals surface area contributed by atoms with Gasteiger partial charge in [0.05, 0.1) is 24.5 Å². The summed E-state index contributed by atoms with van der Waals surface area (Å²) >= 11 is 0. The van der Waals surface area contributed by atoms with Crippen molar-refractivity contribution in [3.05, 3.63) is 52.8 Å². The lowest BCUT2D eigenvalue weighted by Crippen LogP contribution is -2.23. The second-order valence-corrected chi connectivity index (χ2v) is 7.47. The molecule has 2 aromatic rings. The third-order valence-electron chi connectivity index (χ3n) is 5.43. The topological polar surface area (TPSA) is 65.4 Å². The highest BCUT2D eigenvalue weighted by molar-refractivity contribution is 5.95. The van der Waals surface area contributed by atoms with E-state index in [1.165, 1.54) is 0 Å². The minimum absolute atomic E-state index is 0.0843. The summed E-state index contributed by atoms with van der Waals surface area (Å²) < 4.78 is 13.2. The molecule has 1 fully saturated rings. The fourth-order valence-corrected chi connectivity index (χ4v) is 3.35. The van der Waals surface area contributed by atoms with Crippen molar-refractivity contribution in [2.45, 2.75) is 65.3 Å². The normalized spacial score (nSPS) is 16.1. The molecule has 0 spiro atoms. The zero-order valence-corrected chi connectivity index (χ0v) is 17.1. The second kappa shape index (κ2) is 9.85. The zero-order chi connectivity index (χ0) is 19.9. The highest BCUT2D eigenvalue weighted by Crippen LogP contribution is 2.16. The lowest BCUT2D eigenvalue weighted by atomic mass is 10.1. The molecule has 0 aliphatic carbocycles. The third-order valence-corrected chi connectivity index (χ3v) is 5.43. The summed E-state index contributed by atoms with van der Waals surface area (Å²) in [5.74, 6) is -0.0843. The van der Waals surface area contributed by atoms with Crippen LogP contribution in [-0.4, -0.2) is 35.0 Å². The number of aromatic nitrogens is 2. The zero-order valence-electron chi connectivity index (χ0n) is 17.1. The number of hydrogen-bond donors (Lipinski definition) is 1. The van der Waals surface area contributed by atoms with Crippen LogP contribution in [0.15, 0.2) is 30.5 Å². The average Bonchev–Trinajstić information content (AvgIpc) is 3.13. The van der Waals surface area contributed by atoms with Gasteiger partial charge in [-0.05, 0) is 44.2 Å². The van der Waals surface area contributed by atoms with Gasteiger partial charge in [0.1, 0.15) is 0 Å². The number of rotatable bonds is 8. The molecule has 0 unspecified atom stereocenters. The van der Waals surface area contributed by atoms with Crippen molar-refractivity contribution in [2.75, 3.05) is 13.2 Å². The van der Waals surface area contributed by atoms with Gasteiger partial charge >= 0.3 is 0 Å². The van der Waals surface area contributed by atoms with E-state index in [1.54, 1.807) is 6.20 Å². The van der Waals surface area contributed by atoms with E-state index in [0.29, 0.717) is 24.8 Å². The summed E-state index contributed by atoms with van der Waals surface area (Å²) in [4.78, 5) is 12.5. The first-order chi connectivity index (χ1) is 13.6. The molecule has 1 saturated heterocycles. The molecule has 28 heavy (non-hydrogen) atoms. The quantitative estimate of drug-likeness (QED) is 0.751. The summed E-state index contributed by atoms with van der Waals surface area (Å²) in [6, 6.07) is 8.49. The average molecular weight is 386 g/mol. The van der Waals surface area contributed by atoms with Gasteiger partial charge in [-0.15, -0.1) is 0 Å². The molecule has 1 aliphatic heterocycles. The molecule has 3 rings (SSSR count). The maximum Gasteiger partial charge on any atom is 0.255 e. The minimum atomic E-state index is -0.0843. The van der Waals surface area contributed by atoms with Crippen molar-refractivity contribution in [2.24, 2.45) is 0 Å². The molecule has 1 atom stereocenters. The summed E-state index contributed by atoms with van der Waals surface area (Å²) in [5.41, 5.74) is 3.76. The molecule has 0 bridgehead atoms. The Bertz CT molecular complexity index is 764. The Morgan fingerprint density at radius 3 is 2.64 bits per heavy atom. The molecular formula is C22H31N3O3. The van der Waals surface area contributed by atoms with Gasteiger partial charge in [0.15, 0.2) is 0 Å². The van der Waals surface area contributed by atoms with E-state index in [1.807, 2.05) is 23.7 Å². The van der Waals surface area contributed by atoms with Crippen molar-refractivity contribution in [3.63, 3.8) is 0 Å². The molecule has 1 aliphatic rings. The van der Waals surface area contributed by atoms with Crippen molar-refractivity contribution >= 4 is 5.91 Å². The Kier molecular flexibility index (Phi) is 7.23. The number of amides is 1. The summed E-state index contributed by atoms with van der Waals surface area (Å²) in [6.45, 7) is 8.86. The van der Waals surface area contributed by atoms with E-state index in [-0.39, 0.29) is 11.9 Å². The number of ether oxygens (including phenoxy) is 2. The van der Waals surface area contributed by atoms with Gasteiger partial charge in [-0.25, -0.2) is 0 Å². The Hall–Kier alpha value is -2.18. The first kappa shape index (κ1) is 20.6. The first-order valence-electron chi connectivity index (χ1n) is 10.2. The second-order valence-electron chi connectivity index (χ2n) is 7.47. The molecule has 0 saturated carbocycles. The lowest BCUT2D eigenvalue weighted by molar-refractivity contribution is -0.0390. The molecule has 152 valence electrons. The highest BCUT2D eigenvalue weighted by Gasteiger charge is 2.16. The number of nitrogens with one attached hydrogen (secondary N) is 1. The molecule has 1 amide bonds. The molecule has 2 heterocycles. The standard InChI is InChI=1S/C22H31N3O3/c1-4-16(2)25-17(3)21(14-24-25)22(26)23-13-18-5-7-19(8-6-18)15-28-20-9-11-27-12-10-20/h5-8,14,16,20H,4,9-13,15H2,1-3H3,(H,23,26)/t16-/m0/s1. The van der Waals surface area contributed by atoms with Crippen molar-refractivity contribution in [1.82, 2.24) is 15.1 Å². The summed E-state index contributed by atoms with van der Waals surface area (Å²) in [7, 11) is 0. The first-order valence-corrected chi connectivity index (χ1v) is 10.2. The van der Waals surface area contributed by atoms with Crippen molar-refractivity contribution in [1.29, 1.82) is 0 Å². The van der Waals surface area contributed by atoms with Crippen LogP contribution in [0.4, 0.5) is 0 Å². The van der Waals surface area contributed by atoms with Crippen LogP contribution in [0.2, 0.25) is 0 Å². The van der Waals surface area contributed by atoms with Crippen molar-refractivity contribution in [3.8, 4) is 0 Å². The van der Waals surface area contributed by atoms with E-state index in [9.17, 15) is 4.79 Å². The summed E-state index contributed by atoms with van der Waals surface area (Å²) in [6.07, 6.45) is 4.88. The maximum atomic E-state index is 12.5. The van der Waals surface area contributed by atoms with E-state index < -0.39 is 0 Å². The van der Waals surface area contributed by atoms with Crippen LogP contribution in [0.25, 0.3) is 0 Å². The van der Waals surface area contributed by atoms with Crippen LogP contribution >= 0.6 is 0 Å². The number of carbonyl (C=O) groups is 1. The molecule has 0 radical (unpaired) electrons. The minimum Gasteiger partial charge on any atom is -0.381 e. The van der Waals surface area contributed by atoms with E-state index in [0.717, 1.165) is 49.3 Å². The van der Waals surface area contributed by atoms with Gasteiger partial charge in [-0.1, -0.05) is 31.2 Å². The Morgan fingerprint density at radius 2 is 1.96 bits per heavy atom. The smallest absolute Gasteiger partial charge is 0.255 e. The largest absolute Gasteiger partial charge is 0.381 e. The van der Waals surface area contributed by atoms with Gasteiger partial charge in [-0.3, -0.25) is 9.48 Å². The van der Waals surface area contributed by atoms with Gasteiger partial charge in [-0.2, -0.15) is 5.10 Å². The highest BCUT2D eigenvalue weighted by atomic mass is 16.5. The van der Waals surface area contributed by atoms with Crippen LogP contribution in [0.5, 0.6) is 0 Å². The van der Waals surface area contributed by atoms with Gasteiger partial charge in [0, 0.05) is 31.5 Å². The van der Waals surface area contributed by atoms with Gasteiger partial charge in [0.25, 0.3) is 5.91 Å². The van der Waals surface area contributed by atoms with Crippen molar-refractivity contribution < 1.29 is 14.3 Å². The number of nitrogens with zero attached hydrogens (tertiary/aromatic N) is 2. The fourth-order valence-electron chi connectivity index (χ4n) is 3.35. The van der Waals surface area contributed by atoms with Crippen LogP contribution in [-0.2, 0) is 22.6 Å². The third kappa shape index (κ3) is 5.20. The maximum absolute atomic E-state index is 12.5. The Labute approximate surface area is 167 Å². The van der Waals surface area contributed by atoms with E-state index >= 15 is 0 Å². The van der Waals surface area contributed by atoms with Crippen LogP contribution < -0.4 is 5.32 Å². The molecule has 1 aromatic carbocycles. The molecular weight excluding hydrogens is 354 g/mol. The van der Waals surface area contributed by atoms with Gasteiger partial charge in [0.2, 0.25) is 0 Å². The molecule has 1 aromatic heterocycles. The van der Waals surface area contributed by atoms with E-state index in [4.69, 9.17) is 9.47 Å². The number of benzene rings is 1. The Balaban J connectivity index is 1.49. The number of hydrogen-bond acceptors (Lipinski definition) is 4. The molecule has 6 heteroatoms. The van der Waals surface area contributed by atoms with Crippen LogP contribution in [0.1, 0.15) is 66.3 Å². The number of carbonyl (C=O) groups excluding carboxylic acids is 1. The fraction of sp³-hybridized carbons (Fsp3) is 0.545. The van der Waals surface area contributed by atoms with Crippen LogP contribution in [0.3, 0.4) is 0 Å². The molecule has 6 nitrogen and oxygen atoms in total. The Morgan fingerprint density at radius 1 is 1.29 bits per heavy atom.